The summed E-state index contributed by atoms with van der Waals surface area (Å²) in [6.07, 6.45) is 3.25. The lowest BCUT2D eigenvalue weighted by atomic mass is 10.0. The van der Waals surface area contributed by atoms with E-state index in [1.807, 2.05) is 29.6 Å². The first-order valence-electron chi connectivity index (χ1n) is 12.0. The lowest BCUT2D eigenvalue weighted by Gasteiger charge is -2.24. The molecule has 1 N–H and O–H groups in total. The zero-order valence-electron chi connectivity index (χ0n) is 20.8. The van der Waals surface area contributed by atoms with Gasteiger partial charge in [-0.1, -0.05) is 66.4 Å². The molecular formula is C29H28N4O2S2. The Labute approximate surface area is 225 Å². The van der Waals surface area contributed by atoms with Crippen LogP contribution in [0.3, 0.4) is 0 Å². The Morgan fingerprint density at radius 1 is 1.08 bits per heavy atom. The molecule has 0 aliphatic rings. The second kappa shape index (κ2) is 12.0. The Morgan fingerprint density at radius 3 is 2.46 bits per heavy atom. The van der Waals surface area contributed by atoms with Gasteiger partial charge in [-0.3, -0.25) is 4.79 Å². The van der Waals surface area contributed by atoms with Crippen LogP contribution in [0, 0.1) is 11.3 Å². The van der Waals surface area contributed by atoms with E-state index in [0.29, 0.717) is 12.1 Å². The molecule has 0 radical (unpaired) electrons. The number of carbonyl (C=O) groups is 1. The number of nitrogens with zero attached hydrogens (tertiary/aromatic N) is 4. The number of aromatic nitrogens is 2. The van der Waals surface area contributed by atoms with Crippen LogP contribution in [0.25, 0.3) is 11.1 Å². The first kappa shape index (κ1) is 26.4. The smallest absolute Gasteiger partial charge is 0.319 e. The van der Waals surface area contributed by atoms with E-state index >= 15 is 0 Å². The maximum atomic E-state index is 11.4. The summed E-state index contributed by atoms with van der Waals surface area (Å²) < 4.78 is -0.144. The highest BCUT2D eigenvalue weighted by Crippen LogP contribution is 2.35. The normalized spacial score (nSPS) is 11.2. The number of thioether (sulfide) groups is 1. The summed E-state index contributed by atoms with van der Waals surface area (Å²) in [7, 11) is 0. The topological polar surface area (TPSA) is 90.1 Å². The molecule has 188 valence electrons. The minimum atomic E-state index is -0.913. The summed E-state index contributed by atoms with van der Waals surface area (Å²) >= 11 is 2.76. The van der Waals surface area contributed by atoms with Crippen LogP contribution in [-0.4, -0.2) is 32.3 Å². The lowest BCUT2D eigenvalue weighted by Crippen LogP contribution is -2.26. The number of rotatable bonds is 11. The zero-order chi connectivity index (χ0) is 26.3. The fourth-order valence-electron chi connectivity index (χ4n) is 3.73. The highest BCUT2D eigenvalue weighted by molar-refractivity contribution is 8.03. The molecule has 0 aliphatic heterocycles. The van der Waals surface area contributed by atoms with Gasteiger partial charge in [-0.2, -0.15) is 5.26 Å². The number of hydrogen-bond donors (Lipinski definition) is 1. The maximum absolute atomic E-state index is 11.4. The number of thiazole rings is 1. The second-order valence-corrected chi connectivity index (χ2v) is 11.9. The minimum Gasteiger partial charge on any atom is -0.480 e. The van der Waals surface area contributed by atoms with Crippen molar-refractivity contribution in [1.29, 1.82) is 5.26 Å². The van der Waals surface area contributed by atoms with Gasteiger partial charge in [0.25, 0.3) is 0 Å². The Hall–Kier alpha value is -3.67. The van der Waals surface area contributed by atoms with Crippen molar-refractivity contribution >= 4 is 34.9 Å². The predicted molar refractivity (Wildman–Crippen MR) is 150 cm³/mol. The molecule has 4 rings (SSSR count). The number of anilines is 1. The summed E-state index contributed by atoms with van der Waals surface area (Å²) in [6, 6.07) is 24.7. The molecule has 0 bridgehead atoms. The van der Waals surface area contributed by atoms with E-state index in [1.54, 1.807) is 26.1 Å². The highest BCUT2D eigenvalue weighted by Gasteiger charge is 2.29. The largest absolute Gasteiger partial charge is 0.480 e. The quantitative estimate of drug-likeness (QED) is 0.217. The van der Waals surface area contributed by atoms with Crippen LogP contribution >= 0.6 is 23.1 Å². The van der Waals surface area contributed by atoms with Gasteiger partial charge in [0.15, 0.2) is 4.34 Å². The van der Waals surface area contributed by atoms with E-state index < -0.39 is 10.7 Å². The summed E-state index contributed by atoms with van der Waals surface area (Å²) in [5, 5.41) is 20.5. The maximum Gasteiger partial charge on any atom is 0.319 e. The summed E-state index contributed by atoms with van der Waals surface area (Å²) in [6.45, 7) is 4.84. The number of benzene rings is 2. The monoisotopic (exact) mass is 528 g/mol. The standard InChI is InChI=1S/C29H28N4O2S2/c1-29(2,27(34)35)37-28-32-25(20-36-28)9-6-16-33(26-15-12-22(17-30)18-31-26)19-21-10-13-24(14-11-21)23-7-4-3-5-8-23/h3-5,7-8,10-15,18,20H,6,9,16,19H2,1-2H3,(H,34,35). The third-order valence-electron chi connectivity index (χ3n) is 5.88. The van der Waals surface area contributed by atoms with Crippen molar-refractivity contribution in [2.24, 2.45) is 0 Å². The molecule has 37 heavy (non-hydrogen) atoms. The fraction of sp³-hybridized carbons (Fsp3) is 0.241. The lowest BCUT2D eigenvalue weighted by molar-refractivity contribution is -0.138. The van der Waals surface area contributed by atoms with Crippen LogP contribution in [0.1, 0.15) is 37.1 Å². The van der Waals surface area contributed by atoms with Crippen molar-refractivity contribution in [3.63, 3.8) is 0 Å². The van der Waals surface area contributed by atoms with Crippen molar-refractivity contribution < 1.29 is 9.90 Å². The number of aliphatic carboxylic acids is 1. The molecule has 6 nitrogen and oxygen atoms in total. The molecule has 0 saturated carbocycles. The van der Waals surface area contributed by atoms with E-state index in [2.05, 4.69) is 57.3 Å². The number of pyridine rings is 1. The molecule has 2 heterocycles. The van der Waals surface area contributed by atoms with Gasteiger partial charge in [0, 0.05) is 24.7 Å². The Kier molecular flexibility index (Phi) is 8.59. The van der Waals surface area contributed by atoms with Crippen LogP contribution in [0.4, 0.5) is 5.82 Å². The van der Waals surface area contributed by atoms with Crippen molar-refractivity contribution in [2.45, 2.75) is 42.3 Å². The van der Waals surface area contributed by atoms with Crippen molar-refractivity contribution in [1.82, 2.24) is 9.97 Å². The second-order valence-electron chi connectivity index (χ2n) is 9.13. The molecule has 8 heteroatoms. The number of aryl methyl sites for hydroxylation is 1. The summed E-state index contributed by atoms with van der Waals surface area (Å²) in [5.74, 6) is -0.0273. The number of carboxylic acid groups (broad SMARTS) is 1. The number of carboxylic acids is 1. The van der Waals surface area contributed by atoms with E-state index in [9.17, 15) is 9.90 Å². The Morgan fingerprint density at radius 2 is 1.81 bits per heavy atom. The van der Waals surface area contributed by atoms with Crippen molar-refractivity contribution in [2.75, 3.05) is 11.4 Å². The molecule has 0 unspecified atom stereocenters. The van der Waals surface area contributed by atoms with Crippen LogP contribution in [-0.2, 0) is 17.8 Å². The molecule has 2 aromatic carbocycles. The SMILES string of the molecule is CC(C)(Sc1nc(CCCN(Cc2ccc(-c3ccccc3)cc2)c2ccc(C#N)cn2)cs1)C(=O)O. The van der Waals surface area contributed by atoms with E-state index in [1.165, 1.54) is 39.8 Å². The summed E-state index contributed by atoms with van der Waals surface area (Å²) in [4.78, 5) is 22.8. The average Bonchev–Trinajstić information content (AvgIpc) is 3.35. The molecule has 0 amide bonds. The minimum absolute atomic E-state index is 0.535. The first-order chi connectivity index (χ1) is 17.8. The van der Waals surface area contributed by atoms with Crippen molar-refractivity contribution in [3.8, 4) is 17.2 Å². The van der Waals surface area contributed by atoms with Crippen molar-refractivity contribution in [3.05, 3.63) is 95.1 Å². The molecule has 0 atom stereocenters. The van der Waals surface area contributed by atoms with E-state index in [0.717, 1.165) is 35.2 Å². The van der Waals surface area contributed by atoms with Crippen LogP contribution < -0.4 is 4.90 Å². The molecule has 0 saturated heterocycles. The number of hydrogen-bond acceptors (Lipinski definition) is 7. The third-order valence-corrected chi connectivity index (χ3v) is 8.06. The Bertz CT molecular complexity index is 1360. The zero-order valence-corrected chi connectivity index (χ0v) is 22.4. The fourth-order valence-corrected chi connectivity index (χ4v) is 5.96. The third kappa shape index (κ3) is 7.19. The molecule has 0 fully saturated rings. The average molecular weight is 529 g/mol. The molecule has 4 aromatic rings. The van der Waals surface area contributed by atoms with Gasteiger partial charge in [0.2, 0.25) is 0 Å². The molecule has 0 spiro atoms. The number of nitriles is 1. The van der Waals surface area contributed by atoms with E-state index in [4.69, 9.17) is 5.26 Å². The van der Waals surface area contributed by atoms with Gasteiger partial charge in [-0.05, 0) is 55.5 Å². The van der Waals surface area contributed by atoms with Gasteiger partial charge in [0.05, 0.1) is 11.3 Å². The van der Waals surface area contributed by atoms with E-state index in [-0.39, 0.29) is 0 Å². The highest BCUT2D eigenvalue weighted by atomic mass is 32.2. The molecule has 2 aromatic heterocycles. The van der Waals surface area contributed by atoms with Gasteiger partial charge in [-0.15, -0.1) is 11.3 Å². The first-order valence-corrected chi connectivity index (χ1v) is 13.7. The predicted octanol–water partition coefficient (Wildman–Crippen LogP) is 6.67. The van der Waals surface area contributed by atoms with Gasteiger partial charge < -0.3 is 10.0 Å². The van der Waals surface area contributed by atoms with Gasteiger partial charge >= 0.3 is 5.97 Å². The molecular weight excluding hydrogens is 500 g/mol. The van der Waals surface area contributed by atoms with Gasteiger partial charge in [0.1, 0.15) is 16.6 Å². The summed E-state index contributed by atoms with van der Waals surface area (Å²) in [5.41, 5.74) is 5.04. The van der Waals surface area contributed by atoms with Crippen LogP contribution in [0.5, 0.6) is 0 Å². The van der Waals surface area contributed by atoms with Crippen LogP contribution in [0.2, 0.25) is 0 Å². The van der Waals surface area contributed by atoms with Crippen LogP contribution in [0.15, 0.2) is 82.6 Å². The van der Waals surface area contributed by atoms with Gasteiger partial charge in [-0.25, -0.2) is 9.97 Å². The Balaban J connectivity index is 1.43. The molecule has 0 aliphatic carbocycles.